The van der Waals surface area contributed by atoms with E-state index in [2.05, 4.69) is 15.1 Å². The Morgan fingerprint density at radius 2 is 1.49 bits per heavy atom. The minimum Gasteiger partial charge on any atom is -0.492 e. The Labute approximate surface area is 226 Å². The van der Waals surface area contributed by atoms with Crippen LogP contribution in [0, 0.1) is 0 Å². The molecule has 11 heteroatoms. The molecule has 0 aromatic carbocycles. The molecule has 2 aliphatic carbocycles. The van der Waals surface area contributed by atoms with Crippen LogP contribution in [-0.2, 0) is 33.4 Å². The van der Waals surface area contributed by atoms with Gasteiger partial charge in [-0.25, -0.2) is 0 Å². The van der Waals surface area contributed by atoms with Crippen molar-refractivity contribution in [2.75, 3.05) is 34.4 Å². The Kier molecular flexibility index (Phi) is 6.72. The number of piperazine rings is 1. The number of ketones is 4. The first kappa shape index (κ1) is 27.2. The second-order valence-electron chi connectivity index (χ2n) is 10.8. The van der Waals surface area contributed by atoms with Crippen LogP contribution >= 0.6 is 0 Å². The lowest BCUT2D eigenvalue weighted by molar-refractivity contribution is -0.129. The molecule has 208 valence electrons. The fraction of sp³-hybridized carbons (Fsp3) is 0.536. The second kappa shape index (κ2) is 9.65. The Morgan fingerprint density at radius 3 is 2.03 bits per heavy atom. The maximum absolute atomic E-state index is 13.7. The van der Waals surface area contributed by atoms with Gasteiger partial charge in [-0.1, -0.05) is 0 Å². The Morgan fingerprint density at radius 1 is 0.949 bits per heavy atom. The van der Waals surface area contributed by atoms with Crippen molar-refractivity contribution in [3.05, 3.63) is 45.0 Å². The van der Waals surface area contributed by atoms with Crippen LogP contribution in [0.2, 0.25) is 0 Å². The number of methoxy groups -OCH3 is 2. The zero-order valence-corrected chi connectivity index (χ0v) is 22.9. The predicted octanol–water partition coefficient (Wildman–Crippen LogP) is -0.250. The summed E-state index contributed by atoms with van der Waals surface area (Å²) in [6.07, 6.45) is -0.732. The van der Waals surface area contributed by atoms with Gasteiger partial charge in [0.25, 0.3) is 0 Å². The summed E-state index contributed by atoms with van der Waals surface area (Å²) in [6, 6.07) is -1.83. The van der Waals surface area contributed by atoms with Gasteiger partial charge in [0, 0.05) is 58.6 Å². The van der Waals surface area contributed by atoms with Gasteiger partial charge in [0.1, 0.15) is 6.10 Å². The molecule has 11 nitrogen and oxygen atoms in total. The summed E-state index contributed by atoms with van der Waals surface area (Å²) < 4.78 is 10.7. The molecule has 5 rings (SSSR count). The van der Waals surface area contributed by atoms with Crippen LogP contribution in [0.4, 0.5) is 0 Å². The van der Waals surface area contributed by atoms with Crippen molar-refractivity contribution in [3.8, 4) is 0 Å². The number of hydrogen-bond donors (Lipinski definition) is 2. The van der Waals surface area contributed by atoms with E-state index >= 15 is 0 Å². The lowest BCUT2D eigenvalue weighted by atomic mass is 9.69. The smallest absolute Gasteiger partial charge is 0.248 e. The molecule has 2 N–H and O–H groups in total. The maximum Gasteiger partial charge on any atom is 0.248 e. The van der Waals surface area contributed by atoms with Crippen molar-refractivity contribution in [2.45, 2.75) is 63.9 Å². The van der Waals surface area contributed by atoms with Crippen LogP contribution in [-0.4, -0.2) is 109 Å². The lowest BCUT2D eigenvalue weighted by Crippen LogP contribution is -2.71. The van der Waals surface area contributed by atoms with Gasteiger partial charge in [-0.2, -0.15) is 0 Å². The largest absolute Gasteiger partial charge is 0.492 e. The van der Waals surface area contributed by atoms with Crippen molar-refractivity contribution in [1.82, 2.24) is 15.1 Å². The number of amides is 1. The van der Waals surface area contributed by atoms with Gasteiger partial charge in [-0.15, -0.1) is 0 Å². The molecular weight excluding hydrogens is 506 g/mol. The zero-order chi connectivity index (χ0) is 28.5. The number of likely N-dealkylation sites (N-methyl/N-ethyl adjacent to an activating group) is 1. The average molecular weight is 540 g/mol. The normalized spacial score (nSPS) is 30.3. The summed E-state index contributed by atoms with van der Waals surface area (Å²) in [5, 5.41) is 12.5. The number of hydrogen-bond acceptors (Lipinski definition) is 10. The number of allylic oxidation sites excluding steroid dienone is 4. The third kappa shape index (κ3) is 3.86. The predicted molar refractivity (Wildman–Crippen MR) is 137 cm³/mol. The molecule has 1 saturated heterocycles. The third-order valence-electron chi connectivity index (χ3n) is 8.83. The first-order valence-corrected chi connectivity index (χ1v) is 13.0. The van der Waals surface area contributed by atoms with Crippen LogP contribution in [0.3, 0.4) is 0 Å². The monoisotopic (exact) mass is 539 g/mol. The number of carbonyl (C=O) groups excluding carboxylic acids is 5. The van der Waals surface area contributed by atoms with E-state index in [4.69, 9.17) is 9.47 Å². The molecule has 5 atom stereocenters. The van der Waals surface area contributed by atoms with E-state index in [0.29, 0.717) is 29.7 Å². The number of fused-ring (bicyclic) bond motifs is 5. The minimum absolute atomic E-state index is 0.0200. The molecule has 3 aliphatic heterocycles. The molecule has 3 heterocycles. The van der Waals surface area contributed by atoms with E-state index in [1.807, 2.05) is 7.05 Å². The van der Waals surface area contributed by atoms with E-state index in [9.17, 15) is 29.1 Å². The van der Waals surface area contributed by atoms with Gasteiger partial charge < -0.3 is 19.9 Å². The molecule has 2 bridgehead atoms. The zero-order valence-electron chi connectivity index (χ0n) is 22.9. The van der Waals surface area contributed by atoms with Gasteiger partial charge in [-0.3, -0.25) is 33.8 Å². The summed E-state index contributed by atoms with van der Waals surface area (Å²) >= 11 is 0. The quantitative estimate of drug-likeness (QED) is 0.449. The molecule has 5 aliphatic rings. The number of nitrogens with one attached hydrogen (secondary N) is 1. The van der Waals surface area contributed by atoms with Gasteiger partial charge in [0.15, 0.2) is 23.1 Å². The van der Waals surface area contributed by atoms with Crippen molar-refractivity contribution >= 4 is 29.0 Å². The van der Waals surface area contributed by atoms with E-state index in [-0.39, 0.29) is 64.6 Å². The van der Waals surface area contributed by atoms with Gasteiger partial charge in [-0.05, 0) is 40.7 Å². The first-order valence-electron chi connectivity index (χ1n) is 13.0. The Balaban J connectivity index is 1.64. The van der Waals surface area contributed by atoms with Crippen LogP contribution in [0.25, 0.3) is 0 Å². The number of Topliss-reactive ketones (excluding diaryl/α,β-unsaturated/α-hetero) is 4. The SMILES string of the molecule is COC1=C(C)C(=O)C2=C(C1=O)[C@H]1[C@@H]3CC4=C(C(=O)C(OC)=C(C)C4=O)[C@H](CNC(=O)C(C)O)N3C[C@@H](C2)N1C. The fourth-order valence-corrected chi connectivity index (χ4v) is 6.88. The maximum atomic E-state index is 13.7. The molecule has 0 radical (unpaired) electrons. The fourth-order valence-electron chi connectivity index (χ4n) is 6.88. The molecule has 39 heavy (non-hydrogen) atoms. The first-order chi connectivity index (χ1) is 18.4. The highest BCUT2D eigenvalue weighted by atomic mass is 16.5. The van der Waals surface area contributed by atoms with E-state index < -0.39 is 35.9 Å². The number of aliphatic hydroxyl groups is 1. The molecule has 1 fully saturated rings. The van der Waals surface area contributed by atoms with Gasteiger partial charge in [0.2, 0.25) is 17.5 Å². The summed E-state index contributed by atoms with van der Waals surface area (Å²) in [6.45, 7) is 4.89. The number of nitrogens with zero attached hydrogens (tertiary/aromatic N) is 2. The molecule has 1 unspecified atom stereocenters. The summed E-state index contributed by atoms with van der Waals surface area (Å²) in [7, 11) is 4.61. The van der Waals surface area contributed by atoms with Crippen LogP contribution in [0.15, 0.2) is 45.0 Å². The number of aliphatic hydroxyl groups excluding tert-OH is 1. The molecule has 1 amide bonds. The summed E-state index contributed by atoms with van der Waals surface area (Å²) in [4.78, 5) is 70.7. The van der Waals surface area contributed by atoms with E-state index in [0.717, 1.165) is 0 Å². The van der Waals surface area contributed by atoms with Crippen molar-refractivity contribution in [3.63, 3.8) is 0 Å². The van der Waals surface area contributed by atoms with Crippen molar-refractivity contribution < 1.29 is 38.6 Å². The third-order valence-corrected chi connectivity index (χ3v) is 8.83. The van der Waals surface area contributed by atoms with Crippen molar-refractivity contribution in [2.24, 2.45) is 0 Å². The Hall–Kier alpha value is -3.41. The topological polar surface area (TPSA) is 143 Å². The van der Waals surface area contributed by atoms with E-state index in [1.165, 1.54) is 21.1 Å². The summed E-state index contributed by atoms with van der Waals surface area (Å²) in [5.41, 5.74) is 1.93. The second-order valence-corrected chi connectivity index (χ2v) is 10.8. The molecule has 0 spiro atoms. The lowest BCUT2D eigenvalue weighted by Gasteiger charge is -2.58. The molecule has 0 aromatic heterocycles. The summed E-state index contributed by atoms with van der Waals surface area (Å²) in [5.74, 6) is -1.89. The Bertz CT molecular complexity index is 1350. The highest BCUT2D eigenvalue weighted by molar-refractivity contribution is 6.26. The highest BCUT2D eigenvalue weighted by Crippen LogP contribution is 2.47. The van der Waals surface area contributed by atoms with Gasteiger partial charge >= 0.3 is 0 Å². The van der Waals surface area contributed by atoms with Crippen LogP contribution in [0.1, 0.15) is 33.6 Å². The number of rotatable bonds is 5. The standard InChI is InChI=1S/C28H33N3O8/c1-11-22(33)15-7-14-10-31-17(21(30(14)4)20(15)25(36)27(11)39-6)8-16-19(18(31)9-29-28(37)13(3)32)24(35)26(38-5)12(2)23(16)34/h13-14,17-18,21,32H,7-10H2,1-6H3,(H,29,37)/t13?,14-,17+,18+,21-/m1/s1. The highest BCUT2D eigenvalue weighted by Gasteiger charge is 2.56. The van der Waals surface area contributed by atoms with Gasteiger partial charge in [0.05, 0.1) is 26.3 Å². The van der Waals surface area contributed by atoms with Crippen LogP contribution < -0.4 is 5.32 Å². The average Bonchev–Trinajstić information content (AvgIpc) is 2.89. The van der Waals surface area contributed by atoms with Crippen LogP contribution in [0.5, 0.6) is 0 Å². The molecular formula is C28H33N3O8. The number of carbonyl (C=O) groups is 5. The minimum atomic E-state index is -1.26. The van der Waals surface area contributed by atoms with Crippen molar-refractivity contribution in [1.29, 1.82) is 0 Å². The van der Waals surface area contributed by atoms with E-state index in [1.54, 1.807) is 13.8 Å². The molecule has 0 saturated carbocycles. The molecule has 0 aromatic rings. The number of ether oxygens (including phenoxy) is 2.